The van der Waals surface area contributed by atoms with Gasteiger partial charge in [0, 0.05) is 17.9 Å². The molecule has 0 saturated carbocycles. The summed E-state index contributed by atoms with van der Waals surface area (Å²) in [5, 5.41) is 0.981. The monoisotopic (exact) mass is 311 g/mol. The fourth-order valence-corrected chi connectivity index (χ4v) is 4.84. The summed E-state index contributed by atoms with van der Waals surface area (Å²) in [6, 6.07) is 0.227. The Kier molecular flexibility index (Phi) is 5.26. The molecule has 1 heterocycles. The van der Waals surface area contributed by atoms with Crippen LogP contribution in [-0.2, 0) is 9.84 Å². The molecule has 0 aromatic carbocycles. The molecule has 0 aliphatic carbocycles. The molecule has 1 aliphatic rings. The Morgan fingerprint density at radius 3 is 2.44 bits per heavy atom. The number of nitrogens with zero attached hydrogens (tertiary/aromatic N) is 1. The van der Waals surface area contributed by atoms with Gasteiger partial charge in [0.25, 0.3) is 0 Å². The van der Waals surface area contributed by atoms with E-state index in [0.717, 1.165) is 18.3 Å². The summed E-state index contributed by atoms with van der Waals surface area (Å²) in [4.78, 5) is 2.22. The largest absolute Gasteiger partial charge is 0.302 e. The minimum atomic E-state index is -2.76. The van der Waals surface area contributed by atoms with Crippen molar-refractivity contribution in [2.45, 2.75) is 26.3 Å². The molecular weight excluding hydrogens is 290 g/mol. The standard InChI is InChI=1S/C11H22BrNO2S/c1-9(2)10(6-12)7-13(3)11-4-5-16(14,15)8-11/h9-11H,4-8H2,1-3H3. The topological polar surface area (TPSA) is 37.4 Å². The third-order valence-electron chi connectivity index (χ3n) is 3.50. The zero-order valence-electron chi connectivity index (χ0n) is 10.3. The van der Waals surface area contributed by atoms with Crippen molar-refractivity contribution in [2.24, 2.45) is 11.8 Å². The number of hydrogen-bond acceptors (Lipinski definition) is 3. The lowest BCUT2D eigenvalue weighted by Crippen LogP contribution is -2.38. The number of hydrogen-bond donors (Lipinski definition) is 0. The average molecular weight is 312 g/mol. The van der Waals surface area contributed by atoms with Crippen LogP contribution < -0.4 is 0 Å². The molecular formula is C11H22BrNO2S. The minimum absolute atomic E-state index is 0.227. The summed E-state index contributed by atoms with van der Waals surface area (Å²) in [5.74, 6) is 1.92. The van der Waals surface area contributed by atoms with Gasteiger partial charge in [-0.05, 0) is 25.3 Å². The molecule has 1 aliphatic heterocycles. The molecule has 1 fully saturated rings. The summed E-state index contributed by atoms with van der Waals surface area (Å²) in [6.45, 7) is 5.40. The predicted molar refractivity (Wildman–Crippen MR) is 71.8 cm³/mol. The summed E-state index contributed by atoms with van der Waals surface area (Å²) < 4.78 is 22.8. The Morgan fingerprint density at radius 1 is 1.44 bits per heavy atom. The van der Waals surface area contributed by atoms with Crippen molar-refractivity contribution in [1.82, 2.24) is 4.90 Å². The van der Waals surface area contributed by atoms with Crippen LogP contribution in [-0.4, -0.2) is 49.8 Å². The first-order valence-corrected chi connectivity index (χ1v) is 8.76. The fourth-order valence-electron chi connectivity index (χ4n) is 2.08. The van der Waals surface area contributed by atoms with E-state index in [2.05, 4.69) is 34.7 Å². The molecule has 96 valence electrons. The highest BCUT2D eigenvalue weighted by atomic mass is 79.9. The summed E-state index contributed by atoms with van der Waals surface area (Å²) in [6.07, 6.45) is 0.798. The Labute approximate surface area is 108 Å². The SMILES string of the molecule is CC(C)C(CBr)CN(C)C1CCS(=O)(=O)C1. The van der Waals surface area contributed by atoms with E-state index in [1.807, 2.05) is 7.05 Å². The molecule has 0 radical (unpaired) electrons. The van der Waals surface area contributed by atoms with Crippen molar-refractivity contribution in [3.63, 3.8) is 0 Å². The van der Waals surface area contributed by atoms with Crippen molar-refractivity contribution < 1.29 is 8.42 Å². The summed E-state index contributed by atoms with van der Waals surface area (Å²) >= 11 is 3.53. The summed E-state index contributed by atoms with van der Waals surface area (Å²) in [5.41, 5.74) is 0. The molecule has 0 spiro atoms. The molecule has 2 unspecified atom stereocenters. The van der Waals surface area contributed by atoms with E-state index >= 15 is 0 Å². The van der Waals surface area contributed by atoms with Gasteiger partial charge in [-0.2, -0.15) is 0 Å². The van der Waals surface area contributed by atoms with Gasteiger partial charge in [0.05, 0.1) is 11.5 Å². The van der Waals surface area contributed by atoms with Crippen molar-refractivity contribution in [3.05, 3.63) is 0 Å². The minimum Gasteiger partial charge on any atom is -0.302 e. The van der Waals surface area contributed by atoms with Crippen LogP contribution in [0.5, 0.6) is 0 Å². The first-order valence-electron chi connectivity index (χ1n) is 5.82. The molecule has 5 heteroatoms. The zero-order chi connectivity index (χ0) is 12.3. The van der Waals surface area contributed by atoms with Crippen molar-refractivity contribution in [1.29, 1.82) is 0 Å². The van der Waals surface area contributed by atoms with Crippen LogP contribution in [0.15, 0.2) is 0 Å². The van der Waals surface area contributed by atoms with E-state index in [1.165, 1.54) is 0 Å². The Hall–Kier alpha value is 0.390. The highest BCUT2D eigenvalue weighted by Crippen LogP contribution is 2.20. The van der Waals surface area contributed by atoms with E-state index in [9.17, 15) is 8.42 Å². The van der Waals surface area contributed by atoms with Crippen LogP contribution in [0, 0.1) is 11.8 Å². The Morgan fingerprint density at radius 2 is 2.06 bits per heavy atom. The van der Waals surface area contributed by atoms with Crippen molar-refractivity contribution >= 4 is 25.8 Å². The number of sulfone groups is 1. The van der Waals surface area contributed by atoms with E-state index in [0.29, 0.717) is 23.3 Å². The summed E-state index contributed by atoms with van der Waals surface area (Å²) in [7, 11) is -0.711. The maximum absolute atomic E-state index is 11.4. The number of rotatable bonds is 5. The maximum Gasteiger partial charge on any atom is 0.151 e. The third kappa shape index (κ3) is 4.00. The van der Waals surface area contributed by atoms with E-state index in [-0.39, 0.29) is 6.04 Å². The molecule has 0 N–H and O–H groups in total. The van der Waals surface area contributed by atoms with E-state index in [1.54, 1.807) is 0 Å². The van der Waals surface area contributed by atoms with Crippen LogP contribution in [0.3, 0.4) is 0 Å². The first-order chi connectivity index (χ1) is 7.35. The molecule has 1 saturated heterocycles. The van der Waals surface area contributed by atoms with Gasteiger partial charge in [-0.15, -0.1) is 0 Å². The van der Waals surface area contributed by atoms with E-state index < -0.39 is 9.84 Å². The van der Waals surface area contributed by atoms with Gasteiger partial charge >= 0.3 is 0 Å². The average Bonchev–Trinajstić information content (AvgIpc) is 2.54. The van der Waals surface area contributed by atoms with Crippen LogP contribution in [0.1, 0.15) is 20.3 Å². The van der Waals surface area contributed by atoms with Crippen LogP contribution in [0.25, 0.3) is 0 Å². The van der Waals surface area contributed by atoms with Gasteiger partial charge in [-0.1, -0.05) is 29.8 Å². The lowest BCUT2D eigenvalue weighted by atomic mass is 9.97. The molecule has 2 atom stereocenters. The quantitative estimate of drug-likeness (QED) is 0.726. The normalized spacial score (nSPS) is 26.5. The third-order valence-corrected chi connectivity index (χ3v) is 6.08. The van der Waals surface area contributed by atoms with Crippen LogP contribution >= 0.6 is 15.9 Å². The van der Waals surface area contributed by atoms with Gasteiger partial charge in [-0.25, -0.2) is 8.42 Å². The molecule has 0 aromatic heterocycles. The van der Waals surface area contributed by atoms with Crippen molar-refractivity contribution in [3.8, 4) is 0 Å². The molecule has 3 nitrogen and oxygen atoms in total. The lowest BCUT2D eigenvalue weighted by Gasteiger charge is -2.29. The smallest absolute Gasteiger partial charge is 0.151 e. The van der Waals surface area contributed by atoms with Crippen LogP contribution in [0.2, 0.25) is 0 Å². The highest BCUT2D eigenvalue weighted by molar-refractivity contribution is 9.09. The Balaban J connectivity index is 2.50. The molecule has 0 bridgehead atoms. The predicted octanol–water partition coefficient (Wildman–Crippen LogP) is 1.77. The van der Waals surface area contributed by atoms with Gasteiger partial charge in [0.2, 0.25) is 0 Å². The molecule has 1 rings (SSSR count). The van der Waals surface area contributed by atoms with Gasteiger partial charge in [0.1, 0.15) is 0 Å². The molecule has 0 amide bonds. The molecule has 16 heavy (non-hydrogen) atoms. The second-order valence-corrected chi connectivity index (χ2v) is 8.03. The van der Waals surface area contributed by atoms with Gasteiger partial charge < -0.3 is 4.90 Å². The van der Waals surface area contributed by atoms with Gasteiger partial charge in [-0.3, -0.25) is 0 Å². The second-order valence-electron chi connectivity index (χ2n) is 5.15. The van der Waals surface area contributed by atoms with Gasteiger partial charge in [0.15, 0.2) is 9.84 Å². The lowest BCUT2D eigenvalue weighted by molar-refractivity contribution is 0.206. The fraction of sp³-hybridized carbons (Fsp3) is 1.00. The first kappa shape index (κ1) is 14.5. The maximum atomic E-state index is 11.4. The second kappa shape index (κ2) is 5.83. The zero-order valence-corrected chi connectivity index (χ0v) is 12.7. The van der Waals surface area contributed by atoms with E-state index in [4.69, 9.17) is 0 Å². The van der Waals surface area contributed by atoms with Crippen molar-refractivity contribution in [2.75, 3.05) is 30.4 Å². The highest BCUT2D eigenvalue weighted by Gasteiger charge is 2.31. The molecule has 0 aromatic rings. The number of alkyl halides is 1. The number of halogens is 1. The van der Waals surface area contributed by atoms with Crippen LogP contribution in [0.4, 0.5) is 0 Å². The Bertz CT molecular complexity index is 316.